The number of rotatable bonds is 5. The van der Waals surface area contributed by atoms with Crippen LogP contribution in [-0.2, 0) is 27.9 Å². The van der Waals surface area contributed by atoms with Crippen LogP contribution >= 0.6 is 0 Å². The smallest absolute Gasteiger partial charge is 0.228 e. The molecule has 2 aliphatic rings. The lowest BCUT2D eigenvalue weighted by molar-refractivity contribution is -0.117. The summed E-state index contributed by atoms with van der Waals surface area (Å²) in [5.41, 5.74) is 5.59. The maximum Gasteiger partial charge on any atom is 0.228 e. The van der Waals surface area contributed by atoms with Crippen molar-refractivity contribution < 1.29 is 9.53 Å². The van der Waals surface area contributed by atoms with Gasteiger partial charge in [0.15, 0.2) is 0 Å². The second-order valence-electron chi connectivity index (χ2n) is 7.32. The van der Waals surface area contributed by atoms with Crippen LogP contribution in [0.1, 0.15) is 35.4 Å². The number of fused-ring (bicyclic) bond motifs is 2. The third kappa shape index (κ3) is 2.58. The highest BCUT2D eigenvalue weighted by Crippen LogP contribution is 2.61. The van der Waals surface area contributed by atoms with E-state index in [1.54, 1.807) is 7.11 Å². The monoisotopic (exact) mass is 339 g/mol. The highest BCUT2D eigenvalue weighted by Gasteiger charge is 2.61. The van der Waals surface area contributed by atoms with Gasteiger partial charge >= 0.3 is 0 Å². The number of hydrogen-bond donors (Lipinski definition) is 1. The van der Waals surface area contributed by atoms with Crippen LogP contribution in [0.3, 0.4) is 0 Å². The molecule has 5 heteroatoms. The summed E-state index contributed by atoms with van der Waals surface area (Å²) in [5.74, 6) is 0.214. The van der Waals surface area contributed by atoms with Gasteiger partial charge in [-0.05, 0) is 44.2 Å². The number of benzene rings is 1. The number of nitrogens with one attached hydrogen (secondary N) is 1. The average molecular weight is 339 g/mol. The van der Waals surface area contributed by atoms with Crippen molar-refractivity contribution in [1.82, 2.24) is 9.78 Å². The molecular formula is C20H25N3O2. The molecule has 1 amide bonds. The van der Waals surface area contributed by atoms with Gasteiger partial charge < -0.3 is 10.1 Å². The largest absolute Gasteiger partial charge is 0.383 e. The van der Waals surface area contributed by atoms with Crippen molar-refractivity contribution in [2.45, 2.75) is 45.1 Å². The first-order valence-corrected chi connectivity index (χ1v) is 8.99. The van der Waals surface area contributed by atoms with Crippen LogP contribution < -0.4 is 5.32 Å². The number of carbonyl (C=O) groups excluding carboxylic acids is 1. The van der Waals surface area contributed by atoms with Gasteiger partial charge in [-0.1, -0.05) is 24.3 Å². The van der Waals surface area contributed by atoms with Gasteiger partial charge in [0.05, 0.1) is 30.2 Å². The molecule has 1 aromatic heterocycles. The first-order chi connectivity index (χ1) is 12.1. The molecule has 1 spiro atoms. The number of ether oxygens (including phenoxy) is 1. The fourth-order valence-electron chi connectivity index (χ4n) is 4.42. The summed E-state index contributed by atoms with van der Waals surface area (Å²) in [4.78, 5) is 12.9. The third-order valence-corrected chi connectivity index (χ3v) is 5.92. The van der Waals surface area contributed by atoms with Crippen LogP contribution in [0, 0.1) is 19.8 Å². The van der Waals surface area contributed by atoms with Crippen molar-refractivity contribution in [3.05, 3.63) is 46.8 Å². The molecule has 0 radical (unpaired) electrons. The van der Waals surface area contributed by atoms with Crippen molar-refractivity contribution in [3.63, 3.8) is 0 Å². The minimum absolute atomic E-state index is 0.0779. The zero-order valence-electron chi connectivity index (χ0n) is 15.1. The Morgan fingerprint density at radius 2 is 2.20 bits per heavy atom. The number of aryl methyl sites for hydroxylation is 2. The van der Waals surface area contributed by atoms with Gasteiger partial charge in [-0.3, -0.25) is 9.48 Å². The Bertz CT molecular complexity index is 826. The molecule has 25 heavy (non-hydrogen) atoms. The molecule has 2 aliphatic carbocycles. The Morgan fingerprint density at radius 3 is 3.00 bits per heavy atom. The summed E-state index contributed by atoms with van der Waals surface area (Å²) < 4.78 is 7.03. The number of hydrogen-bond acceptors (Lipinski definition) is 3. The van der Waals surface area contributed by atoms with Gasteiger partial charge in [0, 0.05) is 18.4 Å². The first-order valence-electron chi connectivity index (χ1n) is 8.99. The molecule has 2 aromatic rings. The van der Waals surface area contributed by atoms with E-state index in [1.807, 2.05) is 18.5 Å². The van der Waals surface area contributed by atoms with Crippen LogP contribution in [-0.4, -0.2) is 29.4 Å². The highest BCUT2D eigenvalue weighted by atomic mass is 16.5. The Labute approximate surface area is 148 Å². The number of aromatic nitrogens is 2. The molecule has 132 valence electrons. The highest BCUT2D eigenvalue weighted by molar-refractivity contribution is 5.97. The topological polar surface area (TPSA) is 56.1 Å². The molecule has 1 saturated carbocycles. The second-order valence-corrected chi connectivity index (χ2v) is 7.32. The lowest BCUT2D eigenvalue weighted by atomic mass is 9.95. The molecule has 1 aromatic carbocycles. The predicted octanol–water partition coefficient (Wildman–Crippen LogP) is 2.99. The average Bonchev–Trinajstić information content (AvgIpc) is 3.15. The number of methoxy groups -OCH3 is 1. The van der Waals surface area contributed by atoms with Crippen LogP contribution in [0.4, 0.5) is 5.69 Å². The number of nitrogens with zero attached hydrogens (tertiary/aromatic N) is 2. The quantitative estimate of drug-likeness (QED) is 0.911. The molecule has 1 N–H and O–H groups in total. The number of amides is 1. The van der Waals surface area contributed by atoms with E-state index < -0.39 is 0 Å². The second kappa shape index (κ2) is 5.99. The van der Waals surface area contributed by atoms with Crippen molar-refractivity contribution in [1.29, 1.82) is 0 Å². The summed E-state index contributed by atoms with van der Waals surface area (Å²) in [6.45, 7) is 5.25. The Hall–Kier alpha value is -2.14. The van der Waals surface area contributed by atoms with Crippen LogP contribution in [0.25, 0.3) is 0 Å². The molecule has 5 nitrogen and oxygen atoms in total. The SMILES string of the molecule is COCCn1nc(C)c(NC(=O)[C@@H]2C[C@@]23CCc2ccccc23)c1C. The van der Waals surface area contributed by atoms with E-state index in [1.165, 1.54) is 11.1 Å². The molecule has 1 fully saturated rings. The molecular weight excluding hydrogens is 314 g/mol. The van der Waals surface area contributed by atoms with Crippen molar-refractivity contribution in [2.24, 2.45) is 5.92 Å². The van der Waals surface area contributed by atoms with Gasteiger partial charge in [-0.15, -0.1) is 0 Å². The van der Waals surface area contributed by atoms with Gasteiger partial charge in [0.2, 0.25) is 5.91 Å². The first kappa shape index (κ1) is 16.3. The molecule has 2 atom stereocenters. The summed E-state index contributed by atoms with van der Waals surface area (Å²) in [6, 6.07) is 8.59. The normalized spacial score (nSPS) is 23.7. The summed E-state index contributed by atoms with van der Waals surface area (Å²) in [5, 5.41) is 7.68. The summed E-state index contributed by atoms with van der Waals surface area (Å²) in [6.07, 6.45) is 3.15. The molecule has 4 rings (SSSR count). The Balaban J connectivity index is 1.51. The number of anilines is 1. The molecule has 0 saturated heterocycles. The van der Waals surface area contributed by atoms with Gasteiger partial charge in [0.25, 0.3) is 0 Å². The maximum atomic E-state index is 12.9. The van der Waals surface area contributed by atoms with E-state index in [2.05, 4.69) is 34.7 Å². The minimum Gasteiger partial charge on any atom is -0.383 e. The molecule has 0 bridgehead atoms. The fraction of sp³-hybridized carbons (Fsp3) is 0.500. The van der Waals surface area contributed by atoms with E-state index >= 15 is 0 Å². The van der Waals surface area contributed by atoms with Gasteiger partial charge in [0.1, 0.15) is 0 Å². The predicted molar refractivity (Wildman–Crippen MR) is 96.8 cm³/mol. The minimum atomic E-state index is 0.0779. The lowest BCUT2D eigenvalue weighted by Gasteiger charge is -2.12. The van der Waals surface area contributed by atoms with Crippen LogP contribution in [0.2, 0.25) is 0 Å². The van der Waals surface area contributed by atoms with E-state index in [-0.39, 0.29) is 17.2 Å². The van der Waals surface area contributed by atoms with E-state index in [9.17, 15) is 4.79 Å². The zero-order valence-corrected chi connectivity index (χ0v) is 15.1. The molecule has 0 unspecified atom stereocenters. The van der Waals surface area contributed by atoms with Crippen LogP contribution in [0.15, 0.2) is 24.3 Å². The van der Waals surface area contributed by atoms with E-state index in [0.29, 0.717) is 13.2 Å². The lowest BCUT2D eigenvalue weighted by Crippen LogP contribution is -2.20. The van der Waals surface area contributed by atoms with Crippen LogP contribution in [0.5, 0.6) is 0 Å². The van der Waals surface area contributed by atoms with E-state index in [0.717, 1.165) is 36.3 Å². The molecule has 1 heterocycles. The Morgan fingerprint density at radius 1 is 1.40 bits per heavy atom. The van der Waals surface area contributed by atoms with Gasteiger partial charge in [-0.25, -0.2) is 0 Å². The summed E-state index contributed by atoms with van der Waals surface area (Å²) >= 11 is 0. The molecule has 0 aliphatic heterocycles. The number of carbonyl (C=O) groups is 1. The fourth-order valence-corrected chi connectivity index (χ4v) is 4.42. The maximum absolute atomic E-state index is 12.9. The van der Waals surface area contributed by atoms with Crippen molar-refractivity contribution in [2.75, 3.05) is 19.0 Å². The third-order valence-electron chi connectivity index (χ3n) is 5.92. The van der Waals surface area contributed by atoms with Crippen molar-refractivity contribution in [3.8, 4) is 0 Å². The zero-order chi connectivity index (χ0) is 17.6. The standard InChI is InChI=1S/C20H25N3O2/c1-13-18(14(2)23(22-13)10-11-25-3)21-19(24)17-12-20(17)9-8-15-6-4-5-7-16(15)20/h4-7,17H,8-12H2,1-3H3,(H,21,24)/t17-,20+/m0/s1. The van der Waals surface area contributed by atoms with Gasteiger partial charge in [-0.2, -0.15) is 5.10 Å². The Kier molecular flexibility index (Phi) is 3.91. The van der Waals surface area contributed by atoms with E-state index in [4.69, 9.17) is 4.74 Å². The van der Waals surface area contributed by atoms with Crippen molar-refractivity contribution >= 4 is 11.6 Å². The summed E-state index contributed by atoms with van der Waals surface area (Å²) in [7, 11) is 1.68.